The Labute approximate surface area is 131 Å². The van der Waals surface area contributed by atoms with Crippen LogP contribution in [0, 0.1) is 0 Å². The van der Waals surface area contributed by atoms with E-state index in [9.17, 15) is 0 Å². The molecule has 0 aliphatic rings. The van der Waals surface area contributed by atoms with Crippen LogP contribution >= 0.6 is 0 Å². The Morgan fingerprint density at radius 3 is 2.43 bits per heavy atom. The Morgan fingerprint density at radius 1 is 1.14 bits per heavy atom. The second kappa shape index (κ2) is 8.31. The van der Waals surface area contributed by atoms with E-state index in [0.29, 0.717) is 6.04 Å². The van der Waals surface area contributed by atoms with Gasteiger partial charge in [0.2, 0.25) is 0 Å². The average molecular weight is 291 g/mol. The van der Waals surface area contributed by atoms with Crippen LogP contribution in [0.15, 0.2) is 18.2 Å². The first kappa shape index (κ1) is 17.9. The molecular weight excluding hydrogens is 258 g/mol. The minimum absolute atomic E-state index is 0.160. The minimum Gasteiger partial charge on any atom is -0.495 e. The highest BCUT2D eigenvalue weighted by Crippen LogP contribution is 2.32. The van der Waals surface area contributed by atoms with E-state index in [1.54, 1.807) is 7.11 Å². The van der Waals surface area contributed by atoms with Crippen molar-refractivity contribution in [1.82, 2.24) is 0 Å². The molecule has 0 aliphatic carbocycles. The van der Waals surface area contributed by atoms with Crippen LogP contribution < -0.4 is 10.1 Å². The lowest BCUT2D eigenvalue weighted by molar-refractivity contribution is 0.415. The van der Waals surface area contributed by atoms with E-state index in [2.05, 4.69) is 58.1 Å². The highest BCUT2D eigenvalue weighted by Gasteiger charge is 2.16. The Balaban J connectivity index is 2.71. The Bertz CT molecular complexity index is 420. The predicted molar refractivity (Wildman–Crippen MR) is 93.5 cm³/mol. The van der Waals surface area contributed by atoms with Gasteiger partial charge in [-0.3, -0.25) is 0 Å². The van der Waals surface area contributed by atoms with Gasteiger partial charge in [0.25, 0.3) is 0 Å². The summed E-state index contributed by atoms with van der Waals surface area (Å²) in [4.78, 5) is 0. The van der Waals surface area contributed by atoms with Crippen molar-refractivity contribution >= 4 is 5.69 Å². The highest BCUT2D eigenvalue weighted by atomic mass is 16.5. The van der Waals surface area contributed by atoms with Crippen molar-refractivity contribution < 1.29 is 4.74 Å². The molecule has 1 aromatic rings. The summed E-state index contributed by atoms with van der Waals surface area (Å²) in [5.41, 5.74) is 2.62. The number of benzene rings is 1. The molecule has 0 fully saturated rings. The third-order valence-electron chi connectivity index (χ3n) is 3.96. The second-order valence-corrected chi connectivity index (χ2v) is 7.06. The van der Waals surface area contributed by atoms with E-state index in [1.165, 1.54) is 37.7 Å². The summed E-state index contributed by atoms with van der Waals surface area (Å²) in [6, 6.07) is 6.95. The number of rotatable bonds is 8. The van der Waals surface area contributed by atoms with Gasteiger partial charge in [0.15, 0.2) is 0 Å². The molecule has 0 bridgehead atoms. The number of ether oxygens (including phenoxy) is 1. The maximum absolute atomic E-state index is 5.49. The fourth-order valence-corrected chi connectivity index (χ4v) is 2.50. The predicted octanol–water partition coefficient (Wildman–Crippen LogP) is 5.76. The number of hydrogen-bond acceptors (Lipinski definition) is 2. The largest absolute Gasteiger partial charge is 0.495 e. The molecule has 0 radical (unpaired) electrons. The van der Waals surface area contributed by atoms with E-state index in [4.69, 9.17) is 4.74 Å². The van der Waals surface area contributed by atoms with Gasteiger partial charge in [-0.1, -0.05) is 59.4 Å². The Hall–Kier alpha value is -1.18. The molecule has 1 atom stereocenters. The lowest BCUT2D eigenvalue weighted by atomic mass is 9.86. The van der Waals surface area contributed by atoms with Gasteiger partial charge < -0.3 is 10.1 Å². The van der Waals surface area contributed by atoms with Crippen molar-refractivity contribution in [2.24, 2.45) is 0 Å². The minimum atomic E-state index is 0.160. The lowest BCUT2D eigenvalue weighted by Crippen LogP contribution is -2.17. The summed E-state index contributed by atoms with van der Waals surface area (Å²) in [5.74, 6) is 0.934. The van der Waals surface area contributed by atoms with Gasteiger partial charge in [0.1, 0.15) is 5.75 Å². The summed E-state index contributed by atoms with van der Waals surface area (Å²) in [5, 5.41) is 3.63. The third kappa shape index (κ3) is 5.99. The fourth-order valence-electron chi connectivity index (χ4n) is 2.50. The molecule has 0 aromatic heterocycles. The van der Waals surface area contributed by atoms with Gasteiger partial charge in [-0.05, 0) is 36.5 Å². The molecule has 1 unspecified atom stereocenters. The van der Waals surface area contributed by atoms with Crippen molar-refractivity contribution in [3.63, 3.8) is 0 Å². The molecule has 0 saturated heterocycles. The van der Waals surface area contributed by atoms with Crippen LogP contribution in [-0.2, 0) is 5.41 Å². The third-order valence-corrected chi connectivity index (χ3v) is 3.96. The number of unbranched alkanes of at least 4 members (excludes halogenated alkanes) is 3. The molecule has 0 spiro atoms. The SMILES string of the molecule is CCCCCCC(C)Nc1cc(C(C)(C)C)ccc1OC. The standard InChI is InChI=1S/C19H33NO/c1-7-8-9-10-11-15(2)20-17-14-16(19(3,4)5)12-13-18(17)21-6/h12-15,20H,7-11H2,1-6H3. The number of hydrogen-bond donors (Lipinski definition) is 1. The molecule has 2 nitrogen and oxygen atoms in total. The van der Waals surface area contributed by atoms with E-state index >= 15 is 0 Å². The van der Waals surface area contributed by atoms with Crippen molar-refractivity contribution in [3.8, 4) is 5.75 Å². The molecule has 1 N–H and O–H groups in total. The monoisotopic (exact) mass is 291 g/mol. The van der Waals surface area contributed by atoms with E-state index in [0.717, 1.165) is 11.4 Å². The molecule has 0 heterocycles. The van der Waals surface area contributed by atoms with Crippen LogP contribution in [0.3, 0.4) is 0 Å². The van der Waals surface area contributed by atoms with Crippen LogP contribution in [-0.4, -0.2) is 13.2 Å². The van der Waals surface area contributed by atoms with Crippen LogP contribution in [0.25, 0.3) is 0 Å². The van der Waals surface area contributed by atoms with Crippen molar-refractivity contribution in [3.05, 3.63) is 23.8 Å². The van der Waals surface area contributed by atoms with E-state index < -0.39 is 0 Å². The molecule has 1 rings (SSSR count). The lowest BCUT2D eigenvalue weighted by Gasteiger charge is -2.23. The fraction of sp³-hybridized carbons (Fsp3) is 0.684. The summed E-state index contributed by atoms with van der Waals surface area (Å²) in [6.07, 6.45) is 6.48. The normalized spacial score (nSPS) is 13.0. The maximum Gasteiger partial charge on any atom is 0.141 e. The Kier molecular flexibility index (Phi) is 7.07. The maximum atomic E-state index is 5.49. The number of anilines is 1. The zero-order valence-electron chi connectivity index (χ0n) is 14.8. The zero-order chi connectivity index (χ0) is 15.9. The topological polar surface area (TPSA) is 21.3 Å². The average Bonchev–Trinajstić information content (AvgIpc) is 2.42. The van der Waals surface area contributed by atoms with Gasteiger partial charge in [0.05, 0.1) is 12.8 Å². The van der Waals surface area contributed by atoms with Crippen LogP contribution in [0.1, 0.15) is 72.3 Å². The molecule has 0 saturated carbocycles. The van der Waals surface area contributed by atoms with Crippen molar-refractivity contribution in [2.75, 3.05) is 12.4 Å². The summed E-state index contributed by atoms with van der Waals surface area (Å²) >= 11 is 0. The van der Waals surface area contributed by atoms with E-state index in [-0.39, 0.29) is 5.41 Å². The number of nitrogens with one attached hydrogen (secondary N) is 1. The summed E-state index contributed by atoms with van der Waals surface area (Å²) < 4.78 is 5.49. The molecule has 21 heavy (non-hydrogen) atoms. The van der Waals surface area contributed by atoms with Gasteiger partial charge >= 0.3 is 0 Å². The van der Waals surface area contributed by atoms with Crippen LogP contribution in [0.4, 0.5) is 5.69 Å². The molecule has 0 aliphatic heterocycles. The van der Waals surface area contributed by atoms with Gasteiger partial charge in [0, 0.05) is 6.04 Å². The van der Waals surface area contributed by atoms with Gasteiger partial charge in [-0.2, -0.15) is 0 Å². The first-order valence-electron chi connectivity index (χ1n) is 8.33. The first-order valence-corrected chi connectivity index (χ1v) is 8.33. The van der Waals surface area contributed by atoms with Crippen LogP contribution in [0.5, 0.6) is 5.75 Å². The van der Waals surface area contributed by atoms with Crippen molar-refractivity contribution in [1.29, 1.82) is 0 Å². The molecule has 2 heteroatoms. The molecule has 1 aromatic carbocycles. The highest BCUT2D eigenvalue weighted by molar-refractivity contribution is 5.59. The molecule has 0 amide bonds. The summed E-state index contributed by atoms with van der Waals surface area (Å²) in [7, 11) is 1.74. The molecule has 120 valence electrons. The smallest absolute Gasteiger partial charge is 0.141 e. The van der Waals surface area contributed by atoms with Crippen molar-refractivity contribution in [2.45, 2.75) is 78.2 Å². The zero-order valence-corrected chi connectivity index (χ0v) is 14.8. The Morgan fingerprint density at radius 2 is 1.86 bits per heavy atom. The quantitative estimate of drug-likeness (QED) is 0.614. The van der Waals surface area contributed by atoms with E-state index in [1.807, 2.05) is 0 Å². The second-order valence-electron chi connectivity index (χ2n) is 7.06. The number of methoxy groups -OCH3 is 1. The first-order chi connectivity index (χ1) is 9.88. The summed E-state index contributed by atoms with van der Waals surface area (Å²) in [6.45, 7) is 11.2. The van der Waals surface area contributed by atoms with Gasteiger partial charge in [-0.25, -0.2) is 0 Å². The molecular formula is C19H33NO. The van der Waals surface area contributed by atoms with Crippen LogP contribution in [0.2, 0.25) is 0 Å². The van der Waals surface area contributed by atoms with Gasteiger partial charge in [-0.15, -0.1) is 0 Å².